The predicted molar refractivity (Wildman–Crippen MR) is 96.5 cm³/mol. The number of hydrogen-bond donors (Lipinski definition) is 3. The fraction of sp³-hybridized carbons (Fsp3) is 0.0625. The monoisotopic (exact) mass is 361 g/mol. The van der Waals surface area contributed by atoms with Crippen molar-refractivity contribution in [2.24, 2.45) is 0 Å². The first-order valence-electron chi connectivity index (χ1n) is 7.03. The van der Waals surface area contributed by atoms with E-state index < -0.39 is 6.03 Å². The van der Waals surface area contributed by atoms with Crippen molar-refractivity contribution in [1.82, 2.24) is 15.4 Å². The second kappa shape index (κ2) is 6.90. The van der Waals surface area contributed by atoms with E-state index in [2.05, 4.69) is 26.1 Å². The van der Waals surface area contributed by atoms with Crippen molar-refractivity contribution in [3.8, 4) is 0 Å². The molecule has 0 saturated heterocycles. The Morgan fingerprint density at radius 2 is 1.88 bits per heavy atom. The van der Waals surface area contributed by atoms with Crippen LogP contribution in [0.25, 0.3) is 11.0 Å². The summed E-state index contributed by atoms with van der Waals surface area (Å²) in [5.74, 6) is 0.484. The van der Waals surface area contributed by atoms with Gasteiger partial charge in [0.15, 0.2) is 5.65 Å². The van der Waals surface area contributed by atoms with E-state index in [1.165, 1.54) is 0 Å². The van der Waals surface area contributed by atoms with E-state index >= 15 is 0 Å². The molecule has 0 atom stereocenters. The van der Waals surface area contributed by atoms with E-state index in [-0.39, 0.29) is 0 Å². The number of hydrogen-bond acceptors (Lipinski definition) is 4. The molecule has 0 spiro atoms. The molecule has 0 unspecified atom stereocenters. The molecular weight excluding hydrogens is 349 g/mol. The molecule has 3 rings (SSSR count). The van der Waals surface area contributed by atoms with Gasteiger partial charge in [-0.3, -0.25) is 10.9 Å². The van der Waals surface area contributed by atoms with Gasteiger partial charge in [0.1, 0.15) is 5.82 Å². The molecule has 0 saturated carbocycles. The summed E-state index contributed by atoms with van der Waals surface area (Å²) in [4.78, 5) is 20.5. The number of rotatable bonds is 3. The molecule has 6 nitrogen and oxygen atoms in total. The molecule has 2 aromatic heterocycles. The van der Waals surface area contributed by atoms with Crippen LogP contribution in [0.4, 0.5) is 16.3 Å². The summed E-state index contributed by atoms with van der Waals surface area (Å²) in [5, 5.41) is 4.45. The molecule has 2 heterocycles. The molecule has 3 aromatic rings. The zero-order chi connectivity index (χ0) is 17.1. The second-order valence-corrected chi connectivity index (χ2v) is 5.93. The number of aryl methyl sites for hydroxylation is 1. The third kappa shape index (κ3) is 3.84. The molecule has 24 heavy (non-hydrogen) atoms. The van der Waals surface area contributed by atoms with Gasteiger partial charge in [0.05, 0.1) is 0 Å². The van der Waals surface area contributed by atoms with Crippen LogP contribution < -0.4 is 16.2 Å². The number of carbonyl (C=O) groups excluding carboxylic acids is 1. The van der Waals surface area contributed by atoms with Crippen molar-refractivity contribution < 1.29 is 4.79 Å². The molecule has 8 heteroatoms. The number of hydrazine groups is 1. The van der Waals surface area contributed by atoms with Crippen molar-refractivity contribution in [2.75, 3.05) is 10.7 Å². The first-order chi connectivity index (χ1) is 11.5. The molecule has 3 N–H and O–H groups in total. The van der Waals surface area contributed by atoms with Crippen LogP contribution in [0.5, 0.6) is 0 Å². The van der Waals surface area contributed by atoms with Gasteiger partial charge in [0.25, 0.3) is 0 Å². The number of pyridine rings is 2. The lowest BCUT2D eigenvalue weighted by atomic mass is 10.2. The first-order valence-corrected chi connectivity index (χ1v) is 7.78. The molecule has 122 valence electrons. The van der Waals surface area contributed by atoms with E-state index in [9.17, 15) is 4.79 Å². The third-order valence-electron chi connectivity index (χ3n) is 3.22. The maximum absolute atomic E-state index is 11.9. The molecule has 0 radical (unpaired) electrons. The number of benzene rings is 1. The van der Waals surface area contributed by atoms with Gasteiger partial charge in [-0.1, -0.05) is 23.2 Å². The number of aromatic nitrogens is 2. The normalized spacial score (nSPS) is 10.5. The average molecular weight is 362 g/mol. The largest absolute Gasteiger partial charge is 0.337 e. The summed E-state index contributed by atoms with van der Waals surface area (Å²) in [6.45, 7) is 1.95. The highest BCUT2D eigenvalue weighted by Gasteiger charge is 2.06. The fourth-order valence-corrected chi connectivity index (χ4v) is 2.72. The summed E-state index contributed by atoms with van der Waals surface area (Å²) in [5.41, 5.74) is 7.33. The number of nitrogens with one attached hydrogen (secondary N) is 3. The minimum Gasteiger partial charge on any atom is -0.306 e. The van der Waals surface area contributed by atoms with Crippen LogP contribution in [0.15, 0.2) is 42.6 Å². The molecule has 0 bridgehead atoms. The van der Waals surface area contributed by atoms with Gasteiger partial charge in [0, 0.05) is 27.3 Å². The van der Waals surface area contributed by atoms with Crippen molar-refractivity contribution in [1.29, 1.82) is 0 Å². The number of anilines is 2. The van der Waals surface area contributed by atoms with Gasteiger partial charge in [-0.2, -0.15) is 0 Å². The number of carbonyl (C=O) groups is 1. The lowest BCUT2D eigenvalue weighted by molar-refractivity contribution is 0.254. The van der Waals surface area contributed by atoms with Crippen LogP contribution >= 0.6 is 23.2 Å². The minimum absolute atomic E-state index is 0.434. The third-order valence-corrected chi connectivity index (χ3v) is 3.65. The Bertz CT molecular complexity index is 896. The van der Waals surface area contributed by atoms with Gasteiger partial charge in [-0.15, -0.1) is 0 Å². The Labute approximate surface area is 148 Å². The minimum atomic E-state index is -0.478. The molecule has 2 amide bonds. The van der Waals surface area contributed by atoms with E-state index in [1.54, 1.807) is 24.4 Å². The Hall–Kier alpha value is -2.57. The Balaban J connectivity index is 1.68. The van der Waals surface area contributed by atoms with Gasteiger partial charge in [-0.25, -0.2) is 14.8 Å². The summed E-state index contributed by atoms with van der Waals surface area (Å²) in [6, 6.07) is 9.90. The number of urea groups is 1. The molecule has 0 aliphatic heterocycles. The molecule has 0 aliphatic carbocycles. The van der Waals surface area contributed by atoms with Crippen LogP contribution in [-0.2, 0) is 0 Å². The summed E-state index contributed by atoms with van der Waals surface area (Å²) < 4.78 is 0. The number of amides is 2. The van der Waals surface area contributed by atoms with Crippen LogP contribution in [-0.4, -0.2) is 16.0 Å². The van der Waals surface area contributed by atoms with E-state index in [0.717, 1.165) is 10.9 Å². The van der Waals surface area contributed by atoms with Crippen LogP contribution in [0.1, 0.15) is 5.56 Å². The zero-order valence-electron chi connectivity index (χ0n) is 12.6. The zero-order valence-corrected chi connectivity index (χ0v) is 14.1. The lowest BCUT2D eigenvalue weighted by Crippen LogP contribution is -2.34. The van der Waals surface area contributed by atoms with Crippen molar-refractivity contribution in [3.05, 3.63) is 58.2 Å². The van der Waals surface area contributed by atoms with Crippen molar-refractivity contribution in [2.45, 2.75) is 6.92 Å². The number of nitrogens with zero attached hydrogens (tertiary/aromatic N) is 2. The molecule has 0 aliphatic rings. The van der Waals surface area contributed by atoms with E-state index in [1.807, 2.05) is 25.1 Å². The van der Waals surface area contributed by atoms with Crippen molar-refractivity contribution in [3.63, 3.8) is 0 Å². The highest BCUT2D eigenvalue weighted by molar-refractivity contribution is 6.35. The SMILES string of the molecule is Cc1cc(NNC(=O)Nc2cc(Cl)cc(Cl)c2)nc2ncccc12. The Morgan fingerprint density at radius 1 is 1.12 bits per heavy atom. The molecule has 0 fully saturated rings. The van der Waals surface area contributed by atoms with Gasteiger partial charge in [0.2, 0.25) is 0 Å². The predicted octanol–water partition coefficient (Wildman–Crippen LogP) is 4.39. The van der Waals surface area contributed by atoms with Crippen LogP contribution in [0.3, 0.4) is 0 Å². The standard InChI is InChI=1S/C16H13Cl2N5O/c1-9-5-14(21-15-13(9)3-2-4-19-15)22-23-16(24)20-12-7-10(17)6-11(18)8-12/h2-8H,1H3,(H,19,21,22)(H2,20,23,24). The Morgan fingerprint density at radius 3 is 2.62 bits per heavy atom. The fourth-order valence-electron chi connectivity index (χ4n) is 2.20. The maximum Gasteiger partial charge on any atom is 0.337 e. The average Bonchev–Trinajstić information content (AvgIpc) is 2.52. The molecule has 1 aromatic carbocycles. The number of halogens is 2. The van der Waals surface area contributed by atoms with Crippen LogP contribution in [0.2, 0.25) is 10.0 Å². The summed E-state index contributed by atoms with van der Waals surface area (Å²) in [6.07, 6.45) is 1.67. The van der Waals surface area contributed by atoms with Gasteiger partial charge in [-0.05, 0) is 48.9 Å². The summed E-state index contributed by atoms with van der Waals surface area (Å²) >= 11 is 11.8. The lowest BCUT2D eigenvalue weighted by Gasteiger charge is -2.11. The van der Waals surface area contributed by atoms with Crippen LogP contribution in [0, 0.1) is 6.92 Å². The first kappa shape index (κ1) is 16.3. The second-order valence-electron chi connectivity index (χ2n) is 5.06. The van der Waals surface area contributed by atoms with E-state index in [0.29, 0.717) is 27.2 Å². The number of fused-ring (bicyclic) bond motifs is 1. The maximum atomic E-state index is 11.9. The van der Waals surface area contributed by atoms with E-state index in [4.69, 9.17) is 23.2 Å². The highest BCUT2D eigenvalue weighted by Crippen LogP contribution is 2.22. The van der Waals surface area contributed by atoms with Gasteiger partial charge < -0.3 is 5.32 Å². The Kier molecular flexibility index (Phi) is 4.69. The molecular formula is C16H13Cl2N5O. The topological polar surface area (TPSA) is 78.9 Å². The van der Waals surface area contributed by atoms with Gasteiger partial charge >= 0.3 is 6.03 Å². The highest BCUT2D eigenvalue weighted by atomic mass is 35.5. The summed E-state index contributed by atoms with van der Waals surface area (Å²) in [7, 11) is 0. The quantitative estimate of drug-likeness (QED) is 0.604. The van der Waals surface area contributed by atoms with Crippen molar-refractivity contribution >= 4 is 51.8 Å². The smallest absolute Gasteiger partial charge is 0.306 e.